The van der Waals surface area contributed by atoms with Crippen LogP contribution < -0.4 is 5.32 Å². The number of hydrogen-bond acceptors (Lipinski definition) is 6. The van der Waals surface area contributed by atoms with Gasteiger partial charge in [0, 0.05) is 11.8 Å². The Balaban J connectivity index is 1.20. The summed E-state index contributed by atoms with van der Waals surface area (Å²) in [6.45, 7) is 6.43. The molecule has 3 saturated carbocycles. The highest BCUT2D eigenvalue weighted by atomic mass is 16.6. The van der Waals surface area contributed by atoms with Gasteiger partial charge in [0.1, 0.15) is 11.8 Å². The molecule has 0 saturated heterocycles. The van der Waals surface area contributed by atoms with E-state index in [0.717, 1.165) is 44.1 Å². The molecule has 0 aromatic heterocycles. The lowest BCUT2D eigenvalue weighted by Crippen LogP contribution is -2.53. The van der Waals surface area contributed by atoms with E-state index in [2.05, 4.69) is 36.5 Å². The molecule has 5 rings (SSSR count). The maximum atomic E-state index is 12.5. The topological polar surface area (TPSA) is 97.2 Å². The number of allylic oxidation sites excluding steroid dienone is 4. The van der Waals surface area contributed by atoms with E-state index < -0.39 is 23.5 Å². The molecule has 39 heavy (non-hydrogen) atoms. The van der Waals surface area contributed by atoms with Gasteiger partial charge < -0.3 is 20.0 Å². The summed E-state index contributed by atoms with van der Waals surface area (Å²) in [5.74, 6) is 0.833. The minimum atomic E-state index is -0.797. The number of nitrogens with zero attached hydrogens (tertiary/aromatic N) is 1. The van der Waals surface area contributed by atoms with Crippen molar-refractivity contribution in [3.63, 3.8) is 0 Å². The smallest absolute Gasteiger partial charge is 0.328 e. The lowest BCUT2D eigenvalue weighted by atomic mass is 9.47. The zero-order valence-corrected chi connectivity index (χ0v) is 23.6. The Morgan fingerprint density at radius 3 is 2.59 bits per heavy atom. The molecular formula is C32H42N2O5. The van der Waals surface area contributed by atoms with Gasteiger partial charge in [0.25, 0.3) is 5.91 Å². The summed E-state index contributed by atoms with van der Waals surface area (Å²) in [7, 11) is 1.31. The van der Waals surface area contributed by atoms with Crippen LogP contribution in [0.5, 0.6) is 0 Å². The van der Waals surface area contributed by atoms with Crippen molar-refractivity contribution in [1.82, 2.24) is 5.32 Å². The van der Waals surface area contributed by atoms with Crippen LogP contribution in [-0.4, -0.2) is 48.1 Å². The second-order valence-electron chi connectivity index (χ2n) is 12.6. The largest absolute Gasteiger partial charge is 0.467 e. The van der Waals surface area contributed by atoms with Gasteiger partial charge in [-0.05, 0) is 86.3 Å². The Morgan fingerprint density at radius 2 is 1.85 bits per heavy atom. The Labute approximate surface area is 231 Å². The van der Waals surface area contributed by atoms with Gasteiger partial charge in [-0.1, -0.05) is 61.0 Å². The van der Waals surface area contributed by atoms with E-state index in [1.165, 1.54) is 12.7 Å². The average molecular weight is 535 g/mol. The Bertz CT molecular complexity index is 1190. The number of esters is 1. The predicted octanol–water partition coefficient (Wildman–Crippen LogP) is 4.75. The van der Waals surface area contributed by atoms with Gasteiger partial charge in [-0.25, -0.2) is 4.79 Å². The Kier molecular flexibility index (Phi) is 7.49. The van der Waals surface area contributed by atoms with Crippen molar-refractivity contribution >= 4 is 17.6 Å². The predicted molar refractivity (Wildman–Crippen MR) is 150 cm³/mol. The van der Waals surface area contributed by atoms with Crippen molar-refractivity contribution in [1.29, 1.82) is 0 Å². The van der Waals surface area contributed by atoms with E-state index in [-0.39, 0.29) is 17.4 Å². The van der Waals surface area contributed by atoms with Gasteiger partial charge in [-0.3, -0.25) is 4.79 Å². The third kappa shape index (κ3) is 5.06. The monoisotopic (exact) mass is 534 g/mol. The number of rotatable bonds is 7. The first-order valence-corrected chi connectivity index (χ1v) is 14.3. The highest BCUT2D eigenvalue weighted by molar-refractivity contribution is 6.05. The number of carbonyl (C=O) groups is 2. The molecule has 7 atom stereocenters. The van der Waals surface area contributed by atoms with Gasteiger partial charge >= 0.3 is 5.97 Å². The summed E-state index contributed by atoms with van der Waals surface area (Å²) < 4.78 is 4.87. The van der Waals surface area contributed by atoms with Crippen LogP contribution in [0.4, 0.5) is 0 Å². The molecule has 0 heterocycles. The molecule has 1 aromatic rings. The Morgan fingerprint density at radius 1 is 1.10 bits per heavy atom. The van der Waals surface area contributed by atoms with E-state index >= 15 is 0 Å². The first kappa shape index (κ1) is 27.6. The molecule has 0 bridgehead atoms. The number of aliphatic hydroxyl groups is 1. The van der Waals surface area contributed by atoms with Gasteiger partial charge in [-0.15, -0.1) is 0 Å². The fourth-order valence-corrected chi connectivity index (χ4v) is 8.09. The van der Waals surface area contributed by atoms with E-state index in [4.69, 9.17) is 9.57 Å². The lowest BCUT2D eigenvalue weighted by molar-refractivity contribution is -0.145. The highest BCUT2D eigenvalue weighted by Gasteiger charge is 2.61. The molecule has 0 radical (unpaired) electrons. The van der Waals surface area contributed by atoms with Crippen molar-refractivity contribution in [3.05, 3.63) is 59.7 Å². The van der Waals surface area contributed by atoms with Crippen LogP contribution in [0.15, 0.2) is 59.3 Å². The average Bonchev–Trinajstić information content (AvgIpc) is 3.17. The number of carbonyl (C=O) groups excluding carboxylic acids is 2. The van der Waals surface area contributed by atoms with Crippen LogP contribution in [0.1, 0.15) is 64.9 Å². The van der Waals surface area contributed by atoms with E-state index in [1.807, 2.05) is 43.3 Å². The van der Waals surface area contributed by atoms with Crippen LogP contribution >= 0.6 is 0 Å². The molecule has 1 amide bonds. The quantitative estimate of drug-likeness (QED) is 0.389. The van der Waals surface area contributed by atoms with Crippen LogP contribution in [-0.2, 0) is 25.6 Å². The lowest BCUT2D eigenvalue weighted by Gasteiger charge is -2.58. The first-order valence-electron chi connectivity index (χ1n) is 14.3. The van der Waals surface area contributed by atoms with Crippen molar-refractivity contribution < 1.29 is 24.3 Å². The Hall–Kier alpha value is -2.93. The minimum Gasteiger partial charge on any atom is -0.467 e. The molecule has 7 nitrogen and oxygen atoms in total. The highest BCUT2D eigenvalue weighted by Crippen LogP contribution is 2.66. The number of nitrogens with one attached hydrogen (secondary N) is 1. The summed E-state index contributed by atoms with van der Waals surface area (Å²) in [4.78, 5) is 30.2. The van der Waals surface area contributed by atoms with Crippen molar-refractivity contribution in [2.45, 2.75) is 77.4 Å². The first-order chi connectivity index (χ1) is 18.6. The molecule has 3 fully saturated rings. The summed E-state index contributed by atoms with van der Waals surface area (Å²) in [6, 6.07) is 8.68. The fraction of sp³-hybridized carbons (Fsp3) is 0.594. The van der Waals surface area contributed by atoms with Gasteiger partial charge in [-0.2, -0.15) is 0 Å². The fourth-order valence-electron chi connectivity index (χ4n) is 8.09. The van der Waals surface area contributed by atoms with E-state index in [0.29, 0.717) is 29.9 Å². The maximum absolute atomic E-state index is 12.5. The van der Waals surface area contributed by atoms with Crippen molar-refractivity contribution in [2.24, 2.45) is 33.7 Å². The minimum absolute atomic E-state index is 0.0130. The maximum Gasteiger partial charge on any atom is 0.328 e. The third-order valence-corrected chi connectivity index (χ3v) is 10.6. The molecule has 4 unspecified atom stereocenters. The summed E-state index contributed by atoms with van der Waals surface area (Å²) in [6.07, 6.45) is 13.1. The van der Waals surface area contributed by atoms with Crippen LogP contribution in [0.2, 0.25) is 0 Å². The third-order valence-electron chi connectivity index (χ3n) is 10.6. The number of amides is 1. The second-order valence-corrected chi connectivity index (χ2v) is 12.6. The molecular weight excluding hydrogens is 492 g/mol. The van der Waals surface area contributed by atoms with Crippen molar-refractivity contribution in [2.75, 3.05) is 13.7 Å². The van der Waals surface area contributed by atoms with Gasteiger partial charge in [0.05, 0.1) is 12.7 Å². The summed E-state index contributed by atoms with van der Waals surface area (Å²) in [5, 5.41) is 18.1. The van der Waals surface area contributed by atoms with Gasteiger partial charge in [0.15, 0.2) is 6.61 Å². The number of methoxy groups -OCH3 is 1. The molecule has 2 N–H and O–H groups in total. The SMILES string of the molecule is COC(=O)C(Cc1ccccc1)NC(=O)CON=C1C=C[C@@]2(C)C(=C1)CCC1C2CC[C@@]2(C)C1CC[C@]2(C)O. The zero-order chi connectivity index (χ0) is 27.8. The molecule has 0 aliphatic heterocycles. The normalized spacial score (nSPS) is 36.7. The molecule has 7 heteroatoms. The zero-order valence-electron chi connectivity index (χ0n) is 23.6. The number of benzene rings is 1. The standard InChI is InChI=1S/C32H42N2O5/c1-30-15-12-23(34-39-20-28(35)33-27(29(36)38-4)18-21-8-6-5-7-9-21)19-22(30)10-11-24-25(30)13-16-31(2)26(24)14-17-32(31,3)37/h5-9,12,15,19,24-27,37H,10-11,13-14,16-18,20H2,1-4H3,(H,33,35)/t24?,25?,26?,27?,30-,31-,32-/m0/s1. The molecule has 4 aliphatic carbocycles. The molecule has 0 spiro atoms. The number of fused-ring (bicyclic) bond motifs is 5. The van der Waals surface area contributed by atoms with Gasteiger partial charge in [0.2, 0.25) is 0 Å². The second kappa shape index (κ2) is 10.6. The van der Waals surface area contributed by atoms with Crippen LogP contribution in [0.25, 0.3) is 0 Å². The number of ether oxygens (including phenoxy) is 1. The summed E-state index contributed by atoms with van der Waals surface area (Å²) in [5.41, 5.74) is 2.43. The van der Waals surface area contributed by atoms with Crippen LogP contribution in [0, 0.1) is 28.6 Å². The number of hydrogen-bond donors (Lipinski definition) is 2. The molecule has 4 aliphatic rings. The van der Waals surface area contributed by atoms with Crippen LogP contribution in [0.3, 0.4) is 0 Å². The summed E-state index contributed by atoms with van der Waals surface area (Å²) >= 11 is 0. The molecule has 1 aromatic carbocycles. The van der Waals surface area contributed by atoms with Crippen molar-refractivity contribution in [3.8, 4) is 0 Å². The molecule has 210 valence electrons. The number of oxime groups is 1. The van der Waals surface area contributed by atoms with E-state index in [1.54, 1.807) is 0 Å². The van der Waals surface area contributed by atoms with E-state index in [9.17, 15) is 14.7 Å².